The normalized spacial score (nSPS) is 16.6. The molecule has 0 aliphatic carbocycles. The van der Waals surface area contributed by atoms with Crippen LogP contribution in [0.4, 0.5) is 0 Å². The minimum atomic E-state index is -1.03. The molecule has 0 spiro atoms. The summed E-state index contributed by atoms with van der Waals surface area (Å²) in [4.78, 5) is 0. The lowest BCUT2D eigenvalue weighted by atomic mass is 10.2. The standard InChI is InChI=1S/C12H25NO6S/c1-9(15)10(8-14)19-12(18-6-3-7-20)5-2-4-11(16)13-17/h5,9-11,13-17,20H,2-4,6-8H2,1H3/b12-5-. The summed E-state index contributed by atoms with van der Waals surface area (Å²) in [6.45, 7) is 1.56. The number of aliphatic hydroxyl groups is 3. The van der Waals surface area contributed by atoms with E-state index in [-0.39, 0.29) is 19.0 Å². The molecule has 0 saturated heterocycles. The number of hydroxylamine groups is 1. The molecule has 0 amide bonds. The highest BCUT2D eigenvalue weighted by atomic mass is 32.1. The lowest BCUT2D eigenvalue weighted by Crippen LogP contribution is -2.30. The average molecular weight is 311 g/mol. The van der Waals surface area contributed by atoms with Gasteiger partial charge in [-0.15, -0.1) is 0 Å². The minimum absolute atomic E-state index is 0.178. The summed E-state index contributed by atoms with van der Waals surface area (Å²) in [6, 6.07) is 0. The lowest BCUT2D eigenvalue weighted by Gasteiger charge is -2.21. The second kappa shape index (κ2) is 12.2. The van der Waals surface area contributed by atoms with E-state index in [2.05, 4.69) is 12.6 Å². The van der Waals surface area contributed by atoms with Gasteiger partial charge in [-0.25, -0.2) is 0 Å². The first-order chi connectivity index (χ1) is 9.54. The van der Waals surface area contributed by atoms with Crippen LogP contribution in [0.25, 0.3) is 0 Å². The second-order valence-electron chi connectivity index (χ2n) is 4.25. The quantitative estimate of drug-likeness (QED) is 0.0989. The molecule has 120 valence electrons. The van der Waals surface area contributed by atoms with Gasteiger partial charge in [-0.1, -0.05) is 0 Å². The topological polar surface area (TPSA) is 111 Å². The fourth-order valence-electron chi connectivity index (χ4n) is 1.24. The summed E-state index contributed by atoms with van der Waals surface area (Å²) in [6.07, 6.45) is 0.309. The molecule has 0 fully saturated rings. The van der Waals surface area contributed by atoms with Crippen LogP contribution < -0.4 is 5.48 Å². The molecule has 5 N–H and O–H groups in total. The number of rotatable bonds is 12. The van der Waals surface area contributed by atoms with E-state index in [4.69, 9.17) is 24.9 Å². The zero-order chi connectivity index (χ0) is 15.4. The first-order valence-corrected chi connectivity index (χ1v) is 7.15. The van der Waals surface area contributed by atoms with Crippen LogP contribution in [-0.2, 0) is 9.47 Å². The van der Waals surface area contributed by atoms with E-state index in [1.165, 1.54) is 6.92 Å². The van der Waals surface area contributed by atoms with Crippen molar-refractivity contribution in [2.75, 3.05) is 19.0 Å². The van der Waals surface area contributed by atoms with E-state index in [0.29, 0.717) is 18.8 Å². The number of hydrogen-bond acceptors (Lipinski definition) is 8. The average Bonchev–Trinajstić information content (AvgIpc) is 2.43. The third-order valence-corrected chi connectivity index (χ3v) is 2.75. The van der Waals surface area contributed by atoms with Gasteiger partial charge < -0.3 is 30.0 Å². The fourth-order valence-corrected chi connectivity index (χ4v) is 1.37. The summed E-state index contributed by atoms with van der Waals surface area (Å²) in [5, 5.41) is 36.1. The van der Waals surface area contributed by atoms with Crippen molar-refractivity contribution in [2.24, 2.45) is 0 Å². The van der Waals surface area contributed by atoms with Crippen LogP contribution in [0.15, 0.2) is 12.0 Å². The van der Waals surface area contributed by atoms with Crippen molar-refractivity contribution in [1.29, 1.82) is 0 Å². The van der Waals surface area contributed by atoms with Crippen LogP contribution in [0.5, 0.6) is 0 Å². The van der Waals surface area contributed by atoms with E-state index < -0.39 is 18.4 Å². The Bertz CT molecular complexity index is 264. The molecule has 0 rings (SSSR count). The molecule has 0 saturated carbocycles. The van der Waals surface area contributed by atoms with E-state index in [0.717, 1.165) is 6.42 Å². The number of aliphatic hydroxyl groups excluding tert-OH is 3. The van der Waals surface area contributed by atoms with Crippen molar-refractivity contribution in [3.05, 3.63) is 12.0 Å². The molecule has 0 aliphatic heterocycles. The van der Waals surface area contributed by atoms with Gasteiger partial charge in [-0.2, -0.15) is 18.1 Å². The van der Waals surface area contributed by atoms with Crippen molar-refractivity contribution < 1.29 is 30.0 Å². The number of allylic oxidation sites excluding steroid dienone is 1. The Morgan fingerprint density at radius 3 is 2.60 bits per heavy atom. The van der Waals surface area contributed by atoms with Gasteiger partial charge in [-0.05, 0) is 38.0 Å². The smallest absolute Gasteiger partial charge is 0.275 e. The van der Waals surface area contributed by atoms with Crippen LogP contribution in [0.1, 0.15) is 26.2 Å². The Kier molecular flexibility index (Phi) is 11.9. The monoisotopic (exact) mass is 311 g/mol. The molecular formula is C12H25NO6S. The van der Waals surface area contributed by atoms with Crippen LogP contribution in [0.3, 0.4) is 0 Å². The molecule has 0 heterocycles. The second-order valence-corrected chi connectivity index (χ2v) is 4.70. The molecule has 0 radical (unpaired) electrons. The minimum Gasteiger partial charge on any atom is -0.466 e. The van der Waals surface area contributed by atoms with E-state index >= 15 is 0 Å². The van der Waals surface area contributed by atoms with E-state index in [9.17, 15) is 5.11 Å². The highest BCUT2D eigenvalue weighted by Crippen LogP contribution is 2.11. The van der Waals surface area contributed by atoms with Crippen LogP contribution >= 0.6 is 12.6 Å². The summed E-state index contributed by atoms with van der Waals surface area (Å²) < 4.78 is 10.8. The van der Waals surface area contributed by atoms with Gasteiger partial charge >= 0.3 is 0 Å². The van der Waals surface area contributed by atoms with Gasteiger partial charge in [0.2, 0.25) is 0 Å². The summed E-state index contributed by atoms with van der Waals surface area (Å²) in [7, 11) is 0. The molecular weight excluding hydrogens is 286 g/mol. The van der Waals surface area contributed by atoms with Crippen LogP contribution in [-0.4, -0.2) is 57.9 Å². The first kappa shape index (κ1) is 19.5. The maximum atomic E-state index is 9.42. The zero-order valence-electron chi connectivity index (χ0n) is 11.6. The SMILES string of the molecule is CC(O)C(CO)O/C(=C\CCC(O)NO)OCCCS. The molecule has 0 aliphatic rings. The van der Waals surface area contributed by atoms with Crippen molar-refractivity contribution in [3.63, 3.8) is 0 Å². The molecule has 0 aromatic rings. The van der Waals surface area contributed by atoms with E-state index in [1.54, 1.807) is 11.6 Å². The Morgan fingerprint density at radius 1 is 1.40 bits per heavy atom. The molecule has 20 heavy (non-hydrogen) atoms. The summed E-state index contributed by atoms with van der Waals surface area (Å²) in [5.41, 5.74) is 1.72. The Morgan fingerprint density at radius 2 is 2.10 bits per heavy atom. The lowest BCUT2D eigenvalue weighted by molar-refractivity contribution is -0.0770. The van der Waals surface area contributed by atoms with Crippen molar-refractivity contribution in [2.45, 2.75) is 44.6 Å². The van der Waals surface area contributed by atoms with Gasteiger partial charge in [-0.3, -0.25) is 0 Å². The predicted molar refractivity (Wildman–Crippen MR) is 76.3 cm³/mol. The van der Waals surface area contributed by atoms with Crippen molar-refractivity contribution in [1.82, 2.24) is 5.48 Å². The zero-order valence-corrected chi connectivity index (χ0v) is 12.5. The van der Waals surface area contributed by atoms with Crippen molar-refractivity contribution in [3.8, 4) is 0 Å². The number of hydrogen-bond donors (Lipinski definition) is 6. The summed E-state index contributed by atoms with van der Waals surface area (Å²) >= 11 is 4.06. The fraction of sp³-hybridized carbons (Fsp3) is 0.833. The molecule has 0 aromatic heterocycles. The van der Waals surface area contributed by atoms with Gasteiger partial charge in [0.05, 0.1) is 19.3 Å². The number of nitrogens with one attached hydrogen (secondary N) is 1. The molecule has 3 atom stereocenters. The first-order valence-electron chi connectivity index (χ1n) is 6.52. The molecule has 0 aromatic carbocycles. The van der Waals surface area contributed by atoms with Crippen LogP contribution in [0, 0.1) is 0 Å². The van der Waals surface area contributed by atoms with Gasteiger partial charge in [0.15, 0.2) is 6.10 Å². The summed E-state index contributed by atoms with van der Waals surface area (Å²) in [5.74, 6) is 0.845. The maximum absolute atomic E-state index is 9.42. The van der Waals surface area contributed by atoms with Gasteiger partial charge in [0, 0.05) is 0 Å². The number of thiol groups is 1. The van der Waals surface area contributed by atoms with Gasteiger partial charge in [0.1, 0.15) is 6.23 Å². The Balaban J connectivity index is 4.41. The predicted octanol–water partition coefficient (Wildman–Crippen LogP) is -0.000000000000000111. The maximum Gasteiger partial charge on any atom is 0.275 e. The molecule has 3 unspecified atom stereocenters. The molecule has 0 bridgehead atoms. The van der Waals surface area contributed by atoms with Gasteiger partial charge in [0.25, 0.3) is 5.95 Å². The molecule has 7 nitrogen and oxygen atoms in total. The third-order valence-electron chi connectivity index (χ3n) is 2.43. The van der Waals surface area contributed by atoms with E-state index in [1.807, 2.05) is 0 Å². The Labute approximate surface area is 124 Å². The van der Waals surface area contributed by atoms with Crippen LogP contribution in [0.2, 0.25) is 0 Å². The molecule has 8 heteroatoms. The third kappa shape index (κ3) is 9.40. The van der Waals surface area contributed by atoms with Crippen molar-refractivity contribution >= 4 is 12.6 Å². The Hall–Kier alpha value is -0.510. The number of ether oxygens (including phenoxy) is 2. The highest BCUT2D eigenvalue weighted by molar-refractivity contribution is 7.80. The highest BCUT2D eigenvalue weighted by Gasteiger charge is 2.17. The largest absolute Gasteiger partial charge is 0.466 e.